The number of nitriles is 1. The van der Waals surface area contributed by atoms with E-state index in [1.54, 1.807) is 36.4 Å². The van der Waals surface area contributed by atoms with Gasteiger partial charge in [0.25, 0.3) is 5.91 Å². The third-order valence-corrected chi connectivity index (χ3v) is 4.76. The van der Waals surface area contributed by atoms with Gasteiger partial charge in [-0.15, -0.1) is 23.5 Å². The molecule has 1 amide bonds. The van der Waals surface area contributed by atoms with Gasteiger partial charge in [0.1, 0.15) is 11.6 Å². The topological polar surface area (TPSA) is 121 Å². The summed E-state index contributed by atoms with van der Waals surface area (Å²) in [4.78, 5) is 33.8. The molecule has 0 spiro atoms. The Morgan fingerprint density at radius 2 is 1.73 bits per heavy atom. The van der Waals surface area contributed by atoms with Crippen molar-refractivity contribution in [3.05, 3.63) is 45.7 Å². The maximum Gasteiger partial charge on any atom is 0.313 e. The van der Waals surface area contributed by atoms with Crippen LogP contribution in [0, 0.1) is 11.3 Å². The second-order valence-electron chi connectivity index (χ2n) is 3.90. The fourth-order valence-electron chi connectivity index (χ4n) is 1.35. The number of rotatable bonds is 8. The summed E-state index contributed by atoms with van der Waals surface area (Å²) >= 11 is 1.73. The number of amides is 1. The Balaban J connectivity index is 2.86. The second-order valence-corrected chi connectivity index (χ2v) is 6.13. The van der Waals surface area contributed by atoms with Crippen LogP contribution in [-0.4, -0.2) is 34.3 Å². The van der Waals surface area contributed by atoms with E-state index in [1.807, 2.05) is 0 Å². The number of hydrogen-bond donors (Lipinski definition) is 2. The van der Waals surface area contributed by atoms with E-state index < -0.39 is 11.9 Å². The fraction of sp³-hybridized carbons (Fsp3) is 0.143. The molecule has 0 aliphatic rings. The Hall–Kier alpha value is -2.24. The molecule has 8 heteroatoms. The van der Waals surface area contributed by atoms with Crippen LogP contribution >= 0.6 is 23.5 Å². The smallest absolute Gasteiger partial charge is 0.313 e. The zero-order valence-corrected chi connectivity index (χ0v) is 12.9. The Morgan fingerprint density at radius 1 is 1.14 bits per heavy atom. The molecule has 0 saturated heterocycles. The van der Waals surface area contributed by atoms with E-state index in [2.05, 4.69) is 0 Å². The molecule has 0 atom stereocenters. The highest BCUT2D eigenvalue weighted by Crippen LogP contribution is 2.32. The van der Waals surface area contributed by atoms with Crippen LogP contribution in [0.15, 0.2) is 40.1 Å². The summed E-state index contributed by atoms with van der Waals surface area (Å²) < 4.78 is 0.140. The summed E-state index contributed by atoms with van der Waals surface area (Å²) in [6.45, 7) is 0. The van der Waals surface area contributed by atoms with Gasteiger partial charge >= 0.3 is 5.97 Å². The third-order valence-electron chi connectivity index (χ3n) is 2.32. The maximum absolute atomic E-state index is 12.0. The van der Waals surface area contributed by atoms with Crippen LogP contribution in [0.5, 0.6) is 0 Å². The second kappa shape index (κ2) is 8.92. The van der Waals surface area contributed by atoms with E-state index in [1.165, 1.54) is 0 Å². The molecular formula is C14H12N2O4S2. The predicted molar refractivity (Wildman–Crippen MR) is 85.2 cm³/mol. The van der Waals surface area contributed by atoms with Gasteiger partial charge in [0.2, 0.25) is 0 Å². The number of hydrogen-bond acceptors (Lipinski definition) is 6. The van der Waals surface area contributed by atoms with Crippen LogP contribution < -0.4 is 5.73 Å². The lowest BCUT2D eigenvalue weighted by atomic mass is 10.2. The summed E-state index contributed by atoms with van der Waals surface area (Å²) in [7, 11) is 0. The summed E-state index contributed by atoms with van der Waals surface area (Å²) in [5.74, 6) is -2.60. The van der Waals surface area contributed by atoms with Crippen molar-refractivity contribution in [3.8, 4) is 6.07 Å². The van der Waals surface area contributed by atoms with Gasteiger partial charge in [0.05, 0.1) is 15.7 Å². The highest BCUT2D eigenvalue weighted by molar-refractivity contribution is 8.22. The number of carbonyl (C=O) groups is 3. The fourth-order valence-corrected chi connectivity index (χ4v) is 3.30. The van der Waals surface area contributed by atoms with Crippen LogP contribution in [0.25, 0.3) is 0 Å². The van der Waals surface area contributed by atoms with E-state index in [0.717, 1.165) is 23.5 Å². The highest BCUT2D eigenvalue weighted by Gasteiger charge is 2.17. The molecule has 0 aliphatic heterocycles. The van der Waals surface area contributed by atoms with Crippen molar-refractivity contribution in [2.24, 2.45) is 5.73 Å². The zero-order chi connectivity index (χ0) is 16.5. The molecule has 1 aromatic carbocycles. The number of carboxylic acids is 1. The first-order chi connectivity index (χ1) is 10.5. The molecule has 0 unspecified atom stereocenters. The molecular weight excluding hydrogens is 324 g/mol. The van der Waals surface area contributed by atoms with Crippen LogP contribution in [0.1, 0.15) is 10.4 Å². The normalized spacial score (nSPS) is 11.2. The van der Waals surface area contributed by atoms with Gasteiger partial charge in [-0.25, -0.2) is 0 Å². The lowest BCUT2D eigenvalue weighted by Gasteiger charge is -2.07. The molecule has 22 heavy (non-hydrogen) atoms. The molecule has 0 radical (unpaired) electrons. The van der Waals surface area contributed by atoms with Crippen molar-refractivity contribution in [2.75, 3.05) is 11.5 Å². The van der Waals surface area contributed by atoms with Crippen molar-refractivity contribution in [2.45, 2.75) is 0 Å². The highest BCUT2D eigenvalue weighted by atomic mass is 32.2. The molecule has 6 nitrogen and oxygen atoms in total. The number of nitrogens with two attached hydrogens (primary N) is 1. The summed E-state index contributed by atoms with van der Waals surface area (Å²) in [5.41, 5.74) is 5.25. The summed E-state index contributed by atoms with van der Waals surface area (Å²) in [6.07, 6.45) is 0. The standard InChI is InChI=1S/C14H12N2O4S2/c15-6-10(13(16)20)14(22-8-12(18)19)21-7-11(17)9-4-2-1-3-5-9/h1-5H,7-8H2,(H2,16,20)(H,18,19)/b14-10+. The Bertz CT molecular complexity index is 651. The van der Waals surface area contributed by atoms with Crippen molar-refractivity contribution >= 4 is 41.2 Å². The lowest BCUT2D eigenvalue weighted by molar-refractivity contribution is -0.133. The number of thioether (sulfide) groups is 2. The average Bonchev–Trinajstić information content (AvgIpc) is 2.50. The Morgan fingerprint density at radius 3 is 2.23 bits per heavy atom. The number of benzene rings is 1. The van der Waals surface area contributed by atoms with Crippen molar-refractivity contribution in [1.29, 1.82) is 5.26 Å². The number of carbonyl (C=O) groups excluding carboxylic acids is 2. The van der Waals surface area contributed by atoms with Crippen molar-refractivity contribution in [1.82, 2.24) is 0 Å². The first kappa shape index (κ1) is 17.8. The van der Waals surface area contributed by atoms with E-state index in [-0.39, 0.29) is 27.1 Å². The minimum Gasteiger partial charge on any atom is -0.481 e. The van der Waals surface area contributed by atoms with Gasteiger partial charge in [0.15, 0.2) is 5.78 Å². The molecule has 0 saturated carbocycles. The largest absolute Gasteiger partial charge is 0.481 e. The molecule has 114 valence electrons. The van der Waals surface area contributed by atoms with Crippen molar-refractivity contribution < 1.29 is 19.5 Å². The van der Waals surface area contributed by atoms with E-state index in [0.29, 0.717) is 5.56 Å². The molecule has 0 bridgehead atoms. The molecule has 1 rings (SSSR count). The summed E-state index contributed by atoms with van der Waals surface area (Å²) in [5, 5.41) is 17.6. The average molecular weight is 336 g/mol. The van der Waals surface area contributed by atoms with Gasteiger partial charge in [-0.3, -0.25) is 14.4 Å². The van der Waals surface area contributed by atoms with Gasteiger partial charge in [-0.05, 0) is 0 Å². The molecule has 0 aliphatic carbocycles. The number of nitrogens with zero attached hydrogens (tertiary/aromatic N) is 1. The zero-order valence-electron chi connectivity index (χ0n) is 11.3. The van der Waals surface area contributed by atoms with Crippen LogP contribution in [0.3, 0.4) is 0 Å². The third kappa shape index (κ3) is 5.63. The first-order valence-corrected chi connectivity index (χ1v) is 7.92. The number of carboxylic acid groups (broad SMARTS) is 1. The van der Waals surface area contributed by atoms with E-state index in [4.69, 9.17) is 16.1 Å². The van der Waals surface area contributed by atoms with E-state index in [9.17, 15) is 14.4 Å². The Kier molecular flexibility index (Phi) is 7.22. The maximum atomic E-state index is 12.0. The lowest BCUT2D eigenvalue weighted by Crippen LogP contribution is -2.14. The number of ketones is 1. The number of aliphatic carboxylic acids is 1. The molecule has 0 aromatic heterocycles. The molecule has 1 aromatic rings. The Labute approximate surface area is 135 Å². The van der Waals surface area contributed by atoms with Crippen molar-refractivity contribution in [3.63, 3.8) is 0 Å². The van der Waals surface area contributed by atoms with E-state index >= 15 is 0 Å². The SMILES string of the molecule is N#C/C(C(N)=O)=C(\SCC(=O)O)SCC(=O)c1ccccc1. The number of primary amides is 1. The van der Waals surface area contributed by atoms with Gasteiger partial charge < -0.3 is 10.8 Å². The van der Waals surface area contributed by atoms with Gasteiger partial charge in [0, 0.05) is 5.56 Å². The van der Waals surface area contributed by atoms with Crippen LogP contribution in [0.2, 0.25) is 0 Å². The van der Waals surface area contributed by atoms with Crippen LogP contribution in [0.4, 0.5) is 0 Å². The molecule has 0 fully saturated rings. The van der Waals surface area contributed by atoms with Crippen LogP contribution in [-0.2, 0) is 9.59 Å². The minimum absolute atomic E-state index is 0.0234. The monoisotopic (exact) mass is 336 g/mol. The summed E-state index contributed by atoms with van der Waals surface area (Å²) in [6, 6.07) is 10.2. The van der Waals surface area contributed by atoms with Gasteiger partial charge in [-0.1, -0.05) is 30.3 Å². The first-order valence-electron chi connectivity index (χ1n) is 5.95. The van der Waals surface area contributed by atoms with Gasteiger partial charge in [-0.2, -0.15) is 5.26 Å². The molecule has 3 N–H and O–H groups in total. The predicted octanol–water partition coefficient (Wildman–Crippen LogP) is 1.64. The minimum atomic E-state index is -1.10. The quantitative estimate of drug-likeness (QED) is 0.420. The molecule has 0 heterocycles. The number of Topliss-reactive ketones (excluding diaryl/α,β-unsaturated/α-hetero) is 1.